The van der Waals surface area contributed by atoms with Crippen LogP contribution in [0.5, 0.6) is 0 Å². The standard InChI is InChI=1S/C10H17N3O3/c1-3-10(16,4-2)7-13-6-8(11-12-13)5-9(14)15/h6,16H,3-5,7H2,1-2H3,(H,14,15). The Bertz CT molecular complexity index is 358. The number of aliphatic hydroxyl groups is 1. The number of hydrogen-bond acceptors (Lipinski definition) is 4. The Balaban J connectivity index is 2.68. The summed E-state index contributed by atoms with van der Waals surface area (Å²) in [5, 5.41) is 26.2. The molecule has 0 spiro atoms. The van der Waals surface area contributed by atoms with E-state index in [1.807, 2.05) is 13.8 Å². The van der Waals surface area contributed by atoms with Crippen LogP contribution in [-0.2, 0) is 17.8 Å². The van der Waals surface area contributed by atoms with Crippen LogP contribution in [0.4, 0.5) is 0 Å². The first-order valence-corrected chi connectivity index (χ1v) is 5.32. The van der Waals surface area contributed by atoms with Crippen LogP contribution < -0.4 is 0 Å². The zero-order chi connectivity index (χ0) is 12.2. The highest BCUT2D eigenvalue weighted by Gasteiger charge is 2.23. The van der Waals surface area contributed by atoms with Crippen LogP contribution in [-0.4, -0.2) is 36.8 Å². The van der Waals surface area contributed by atoms with Crippen molar-refractivity contribution in [1.29, 1.82) is 0 Å². The molecule has 6 nitrogen and oxygen atoms in total. The number of aliphatic carboxylic acids is 1. The topological polar surface area (TPSA) is 88.2 Å². The molecule has 1 aromatic heterocycles. The number of carbonyl (C=O) groups is 1. The molecular formula is C10H17N3O3. The maximum atomic E-state index is 10.4. The lowest BCUT2D eigenvalue weighted by molar-refractivity contribution is -0.136. The summed E-state index contributed by atoms with van der Waals surface area (Å²) >= 11 is 0. The first-order valence-electron chi connectivity index (χ1n) is 5.32. The molecule has 2 N–H and O–H groups in total. The fraction of sp³-hybridized carbons (Fsp3) is 0.700. The summed E-state index contributed by atoms with van der Waals surface area (Å²) in [5.74, 6) is -0.937. The minimum absolute atomic E-state index is 0.142. The van der Waals surface area contributed by atoms with Gasteiger partial charge in [-0.15, -0.1) is 5.10 Å². The van der Waals surface area contributed by atoms with E-state index >= 15 is 0 Å². The van der Waals surface area contributed by atoms with Gasteiger partial charge in [-0.1, -0.05) is 19.1 Å². The molecule has 0 atom stereocenters. The Morgan fingerprint density at radius 1 is 1.50 bits per heavy atom. The average molecular weight is 227 g/mol. The van der Waals surface area contributed by atoms with Crippen LogP contribution in [0.2, 0.25) is 0 Å². The minimum atomic E-state index is -0.937. The summed E-state index contributed by atoms with van der Waals surface area (Å²) in [6, 6.07) is 0. The fourth-order valence-electron chi connectivity index (χ4n) is 1.43. The molecule has 16 heavy (non-hydrogen) atoms. The Morgan fingerprint density at radius 3 is 2.62 bits per heavy atom. The first kappa shape index (κ1) is 12.6. The van der Waals surface area contributed by atoms with Crippen LogP contribution in [0.3, 0.4) is 0 Å². The predicted octanol–water partition coefficient (Wildman–Crippen LogP) is 0.456. The summed E-state index contributed by atoms with van der Waals surface area (Å²) in [7, 11) is 0. The van der Waals surface area contributed by atoms with Gasteiger partial charge in [-0.2, -0.15) is 0 Å². The van der Waals surface area contributed by atoms with Gasteiger partial charge in [0.15, 0.2) is 0 Å². The van der Waals surface area contributed by atoms with Crippen molar-refractivity contribution in [1.82, 2.24) is 15.0 Å². The molecule has 0 bridgehead atoms. The number of carboxylic acids is 1. The number of carboxylic acid groups (broad SMARTS) is 1. The van der Waals surface area contributed by atoms with Gasteiger partial charge in [0.25, 0.3) is 0 Å². The molecule has 0 fully saturated rings. The highest BCUT2D eigenvalue weighted by molar-refractivity contribution is 5.69. The molecule has 0 aliphatic heterocycles. The molecule has 0 amide bonds. The van der Waals surface area contributed by atoms with E-state index in [-0.39, 0.29) is 6.42 Å². The molecule has 1 rings (SSSR count). The molecule has 1 heterocycles. The third-order valence-electron chi connectivity index (χ3n) is 2.69. The Morgan fingerprint density at radius 2 is 2.12 bits per heavy atom. The van der Waals surface area contributed by atoms with Gasteiger partial charge in [0, 0.05) is 6.20 Å². The van der Waals surface area contributed by atoms with Crippen molar-refractivity contribution in [3.63, 3.8) is 0 Å². The number of nitrogens with zero attached hydrogens (tertiary/aromatic N) is 3. The Kier molecular flexibility index (Phi) is 4.00. The van der Waals surface area contributed by atoms with Gasteiger partial charge in [-0.25, -0.2) is 4.68 Å². The smallest absolute Gasteiger partial charge is 0.309 e. The molecule has 90 valence electrons. The number of rotatable bonds is 6. The van der Waals surface area contributed by atoms with Gasteiger partial charge in [0.05, 0.1) is 24.3 Å². The van der Waals surface area contributed by atoms with Crippen molar-refractivity contribution in [2.45, 2.75) is 45.3 Å². The lowest BCUT2D eigenvalue weighted by Crippen LogP contribution is -2.32. The predicted molar refractivity (Wildman–Crippen MR) is 56.9 cm³/mol. The van der Waals surface area contributed by atoms with Crippen molar-refractivity contribution in [3.8, 4) is 0 Å². The summed E-state index contributed by atoms with van der Waals surface area (Å²) < 4.78 is 1.49. The molecule has 0 saturated heterocycles. The molecule has 0 aliphatic rings. The van der Waals surface area contributed by atoms with Gasteiger partial charge < -0.3 is 10.2 Å². The van der Waals surface area contributed by atoms with E-state index in [9.17, 15) is 9.90 Å². The second-order valence-electron chi connectivity index (χ2n) is 3.91. The van der Waals surface area contributed by atoms with Crippen molar-refractivity contribution in [3.05, 3.63) is 11.9 Å². The van der Waals surface area contributed by atoms with Gasteiger partial charge in [-0.3, -0.25) is 4.79 Å². The van der Waals surface area contributed by atoms with Crippen molar-refractivity contribution >= 4 is 5.97 Å². The molecule has 0 saturated carbocycles. The average Bonchev–Trinajstić information content (AvgIpc) is 2.64. The van der Waals surface area contributed by atoms with Gasteiger partial charge in [0.2, 0.25) is 0 Å². The Labute approximate surface area is 93.9 Å². The Hall–Kier alpha value is -1.43. The van der Waals surface area contributed by atoms with Crippen LogP contribution >= 0.6 is 0 Å². The van der Waals surface area contributed by atoms with Crippen LogP contribution in [0.1, 0.15) is 32.4 Å². The molecule has 6 heteroatoms. The lowest BCUT2D eigenvalue weighted by atomic mass is 9.98. The molecule has 0 aliphatic carbocycles. The number of hydrogen-bond donors (Lipinski definition) is 2. The van der Waals surface area contributed by atoms with Crippen molar-refractivity contribution < 1.29 is 15.0 Å². The quantitative estimate of drug-likeness (QED) is 0.737. The van der Waals surface area contributed by atoms with Crippen LogP contribution in [0.25, 0.3) is 0 Å². The van der Waals surface area contributed by atoms with E-state index in [0.29, 0.717) is 25.1 Å². The molecule has 0 aromatic carbocycles. The van der Waals surface area contributed by atoms with Gasteiger partial charge in [0.1, 0.15) is 0 Å². The highest BCUT2D eigenvalue weighted by atomic mass is 16.4. The van der Waals surface area contributed by atoms with Gasteiger partial charge in [-0.05, 0) is 12.8 Å². The SMILES string of the molecule is CCC(O)(CC)Cn1cc(CC(=O)O)nn1. The van der Waals surface area contributed by atoms with E-state index < -0.39 is 11.6 Å². The first-order chi connectivity index (χ1) is 7.49. The molecular weight excluding hydrogens is 210 g/mol. The summed E-state index contributed by atoms with van der Waals surface area (Å²) in [5.41, 5.74) is -0.393. The summed E-state index contributed by atoms with van der Waals surface area (Å²) in [6.07, 6.45) is 2.66. The van der Waals surface area contributed by atoms with E-state index in [2.05, 4.69) is 10.3 Å². The van der Waals surface area contributed by atoms with Crippen LogP contribution in [0, 0.1) is 0 Å². The zero-order valence-electron chi connectivity index (χ0n) is 9.55. The van der Waals surface area contributed by atoms with Gasteiger partial charge >= 0.3 is 5.97 Å². The minimum Gasteiger partial charge on any atom is -0.481 e. The molecule has 1 aromatic rings. The maximum Gasteiger partial charge on any atom is 0.309 e. The normalized spacial score (nSPS) is 11.7. The molecule has 0 radical (unpaired) electrons. The second-order valence-corrected chi connectivity index (χ2v) is 3.91. The van der Waals surface area contributed by atoms with Crippen LogP contribution in [0.15, 0.2) is 6.20 Å². The van der Waals surface area contributed by atoms with Crippen molar-refractivity contribution in [2.24, 2.45) is 0 Å². The number of aromatic nitrogens is 3. The van der Waals surface area contributed by atoms with E-state index in [1.165, 1.54) is 4.68 Å². The van der Waals surface area contributed by atoms with Crippen molar-refractivity contribution in [2.75, 3.05) is 0 Å². The monoisotopic (exact) mass is 227 g/mol. The van der Waals surface area contributed by atoms with E-state index in [0.717, 1.165) is 0 Å². The fourth-order valence-corrected chi connectivity index (χ4v) is 1.43. The van der Waals surface area contributed by atoms with E-state index in [1.54, 1.807) is 6.20 Å². The summed E-state index contributed by atoms with van der Waals surface area (Å²) in [4.78, 5) is 10.4. The zero-order valence-corrected chi connectivity index (χ0v) is 9.55. The highest BCUT2D eigenvalue weighted by Crippen LogP contribution is 2.16. The lowest BCUT2D eigenvalue weighted by Gasteiger charge is -2.24. The summed E-state index contributed by atoms with van der Waals surface area (Å²) in [6.45, 7) is 4.14. The molecule has 0 unspecified atom stereocenters. The maximum absolute atomic E-state index is 10.4. The third-order valence-corrected chi connectivity index (χ3v) is 2.69. The van der Waals surface area contributed by atoms with E-state index in [4.69, 9.17) is 5.11 Å². The largest absolute Gasteiger partial charge is 0.481 e. The third kappa shape index (κ3) is 3.30. The second kappa shape index (κ2) is 5.07.